The number of carboxylic acid groups (broad SMARTS) is 1. The highest BCUT2D eigenvalue weighted by Gasteiger charge is 2.14. The number of urea groups is 1. The summed E-state index contributed by atoms with van der Waals surface area (Å²) in [6, 6.07) is 0.658. The maximum atomic E-state index is 11.5. The minimum Gasteiger partial charge on any atom is -0.478 e. The summed E-state index contributed by atoms with van der Waals surface area (Å²) in [4.78, 5) is 37.2. The van der Waals surface area contributed by atoms with E-state index in [-0.39, 0.29) is 24.3 Å². The number of aromatic carboxylic acids is 1. The molecule has 8 nitrogen and oxygen atoms in total. The Hall–Kier alpha value is -2.16. The molecule has 1 rings (SSSR count). The van der Waals surface area contributed by atoms with Crippen molar-refractivity contribution >= 4 is 39.7 Å². The number of hydrogen-bond donors (Lipinski definition) is 3. The van der Waals surface area contributed by atoms with E-state index >= 15 is 0 Å². The zero-order valence-electron chi connectivity index (χ0n) is 10.5. The number of nitrogens with zero attached hydrogens (tertiary/aromatic N) is 1. The number of carbonyl (C=O) groups excluding carboxylic acids is 2. The van der Waals surface area contributed by atoms with Gasteiger partial charge in [0, 0.05) is 17.2 Å². The molecule has 1 aromatic heterocycles. The molecular weight excluding hydrogens is 334 g/mol. The molecule has 108 valence electrons. The van der Waals surface area contributed by atoms with E-state index < -0.39 is 18.0 Å². The van der Waals surface area contributed by atoms with Gasteiger partial charge in [0.2, 0.25) is 0 Å². The molecule has 0 saturated carbocycles. The van der Waals surface area contributed by atoms with Gasteiger partial charge in [0.15, 0.2) is 0 Å². The first-order chi connectivity index (χ1) is 9.43. The van der Waals surface area contributed by atoms with Crippen molar-refractivity contribution in [3.63, 3.8) is 0 Å². The van der Waals surface area contributed by atoms with Crippen LogP contribution in [0.4, 0.5) is 10.6 Å². The molecule has 0 saturated heterocycles. The Morgan fingerprint density at radius 3 is 2.75 bits per heavy atom. The Morgan fingerprint density at radius 1 is 1.45 bits per heavy atom. The summed E-state index contributed by atoms with van der Waals surface area (Å²) in [5.41, 5.74) is -0.150. The fraction of sp³-hybridized carbons (Fsp3) is 0.273. The Labute approximate surface area is 122 Å². The van der Waals surface area contributed by atoms with Crippen molar-refractivity contribution < 1.29 is 24.2 Å². The number of esters is 1. The Bertz CT molecular complexity index is 535. The number of methoxy groups -OCH3 is 1. The van der Waals surface area contributed by atoms with Crippen LogP contribution < -0.4 is 10.6 Å². The summed E-state index contributed by atoms with van der Waals surface area (Å²) in [7, 11) is 1.24. The molecule has 0 aliphatic carbocycles. The number of amides is 2. The van der Waals surface area contributed by atoms with Crippen LogP contribution in [0.1, 0.15) is 16.8 Å². The lowest BCUT2D eigenvalue weighted by Crippen LogP contribution is -2.31. The van der Waals surface area contributed by atoms with E-state index in [1.54, 1.807) is 0 Å². The number of anilines is 1. The average molecular weight is 346 g/mol. The van der Waals surface area contributed by atoms with E-state index in [0.29, 0.717) is 4.47 Å². The van der Waals surface area contributed by atoms with Crippen LogP contribution in [0.25, 0.3) is 0 Å². The summed E-state index contributed by atoms with van der Waals surface area (Å²) in [5.74, 6) is -1.77. The highest BCUT2D eigenvalue weighted by atomic mass is 79.9. The number of hydrogen-bond acceptors (Lipinski definition) is 5. The summed E-state index contributed by atoms with van der Waals surface area (Å²) in [5, 5.41) is 13.7. The zero-order chi connectivity index (χ0) is 15.1. The topological polar surface area (TPSA) is 118 Å². The van der Waals surface area contributed by atoms with Crippen LogP contribution >= 0.6 is 15.9 Å². The standard InChI is InChI=1S/C11H12BrN3O5/c1-20-8(16)2-3-13-11(19)15-9-7(10(17)18)4-6(12)5-14-9/h4-5H,2-3H2,1H3,(H,17,18)(H2,13,14,15,19). The van der Waals surface area contributed by atoms with Crippen molar-refractivity contribution in [1.29, 1.82) is 0 Å². The van der Waals surface area contributed by atoms with Crippen molar-refractivity contribution in [3.05, 3.63) is 22.3 Å². The lowest BCUT2D eigenvalue weighted by atomic mass is 10.2. The van der Waals surface area contributed by atoms with E-state index in [1.807, 2.05) is 0 Å². The molecule has 0 atom stereocenters. The van der Waals surface area contributed by atoms with Crippen molar-refractivity contribution in [2.75, 3.05) is 19.0 Å². The fourth-order valence-corrected chi connectivity index (χ4v) is 1.57. The quantitative estimate of drug-likeness (QED) is 0.690. The van der Waals surface area contributed by atoms with E-state index in [9.17, 15) is 14.4 Å². The third-order valence-corrected chi connectivity index (χ3v) is 2.59. The third-order valence-electron chi connectivity index (χ3n) is 2.16. The van der Waals surface area contributed by atoms with E-state index in [0.717, 1.165) is 0 Å². The Morgan fingerprint density at radius 2 is 2.15 bits per heavy atom. The molecule has 1 heterocycles. The van der Waals surface area contributed by atoms with Crippen molar-refractivity contribution in [3.8, 4) is 0 Å². The second-order valence-electron chi connectivity index (χ2n) is 3.56. The molecule has 0 bridgehead atoms. The van der Waals surface area contributed by atoms with Gasteiger partial charge in [-0.25, -0.2) is 14.6 Å². The average Bonchev–Trinajstić information content (AvgIpc) is 2.40. The van der Waals surface area contributed by atoms with E-state index in [1.165, 1.54) is 19.4 Å². The molecule has 0 unspecified atom stereocenters. The number of pyridine rings is 1. The second kappa shape index (κ2) is 7.43. The molecule has 3 N–H and O–H groups in total. The summed E-state index contributed by atoms with van der Waals surface area (Å²) in [6.45, 7) is 0.0669. The highest BCUT2D eigenvalue weighted by molar-refractivity contribution is 9.10. The maximum absolute atomic E-state index is 11.5. The monoisotopic (exact) mass is 345 g/mol. The first kappa shape index (κ1) is 15.9. The smallest absolute Gasteiger partial charge is 0.339 e. The first-order valence-electron chi connectivity index (χ1n) is 5.44. The van der Waals surface area contributed by atoms with Crippen molar-refractivity contribution in [1.82, 2.24) is 10.3 Å². The van der Waals surface area contributed by atoms with Crippen LogP contribution in [0.3, 0.4) is 0 Å². The lowest BCUT2D eigenvalue weighted by Gasteiger charge is -2.08. The molecule has 0 aliphatic rings. The van der Waals surface area contributed by atoms with Gasteiger partial charge in [0.25, 0.3) is 0 Å². The van der Waals surface area contributed by atoms with Crippen LogP contribution in [0.5, 0.6) is 0 Å². The highest BCUT2D eigenvalue weighted by Crippen LogP contribution is 2.17. The third kappa shape index (κ3) is 4.84. The number of aromatic nitrogens is 1. The molecule has 9 heteroatoms. The largest absolute Gasteiger partial charge is 0.478 e. The summed E-state index contributed by atoms with van der Waals surface area (Å²) < 4.78 is 4.89. The van der Waals surface area contributed by atoms with Gasteiger partial charge in [-0.15, -0.1) is 0 Å². The Balaban J connectivity index is 2.62. The van der Waals surface area contributed by atoms with Gasteiger partial charge in [-0.3, -0.25) is 10.1 Å². The van der Waals surface area contributed by atoms with Gasteiger partial charge in [0.1, 0.15) is 11.4 Å². The number of nitrogens with one attached hydrogen (secondary N) is 2. The van der Waals surface area contributed by atoms with Crippen molar-refractivity contribution in [2.45, 2.75) is 6.42 Å². The molecule has 0 radical (unpaired) electrons. The van der Waals surface area contributed by atoms with E-state index in [2.05, 4.69) is 36.3 Å². The predicted molar refractivity (Wildman–Crippen MR) is 72.6 cm³/mol. The second-order valence-corrected chi connectivity index (χ2v) is 4.48. The van der Waals surface area contributed by atoms with Crippen LogP contribution in [-0.2, 0) is 9.53 Å². The fourth-order valence-electron chi connectivity index (χ4n) is 1.23. The minimum absolute atomic E-state index is 0.0173. The molecule has 2 amide bonds. The number of rotatable bonds is 5. The molecule has 0 aromatic carbocycles. The predicted octanol–water partition coefficient (Wildman–Crippen LogP) is 1.23. The van der Waals surface area contributed by atoms with Crippen LogP contribution in [0.2, 0.25) is 0 Å². The number of carboxylic acids is 1. The zero-order valence-corrected chi connectivity index (χ0v) is 12.1. The van der Waals surface area contributed by atoms with Gasteiger partial charge in [-0.1, -0.05) is 0 Å². The minimum atomic E-state index is -1.22. The molecule has 0 fully saturated rings. The lowest BCUT2D eigenvalue weighted by molar-refractivity contribution is -0.140. The van der Waals surface area contributed by atoms with Gasteiger partial charge < -0.3 is 15.2 Å². The van der Waals surface area contributed by atoms with Gasteiger partial charge in [-0.2, -0.15) is 0 Å². The molecule has 0 spiro atoms. The maximum Gasteiger partial charge on any atom is 0.339 e. The summed E-state index contributed by atoms with van der Waals surface area (Å²) in [6.07, 6.45) is 1.37. The molecule has 0 aliphatic heterocycles. The first-order valence-corrected chi connectivity index (χ1v) is 6.24. The van der Waals surface area contributed by atoms with E-state index in [4.69, 9.17) is 5.11 Å². The number of ether oxygens (including phenoxy) is 1. The number of halogens is 1. The van der Waals surface area contributed by atoms with Crippen LogP contribution in [0, 0.1) is 0 Å². The molecule has 1 aromatic rings. The SMILES string of the molecule is COC(=O)CCNC(=O)Nc1ncc(Br)cc1C(=O)O. The normalized spacial score (nSPS) is 9.70. The van der Waals surface area contributed by atoms with Gasteiger partial charge >= 0.3 is 18.0 Å². The summed E-state index contributed by atoms with van der Waals surface area (Å²) >= 11 is 3.09. The van der Waals surface area contributed by atoms with Gasteiger partial charge in [0.05, 0.1) is 13.5 Å². The van der Waals surface area contributed by atoms with Crippen molar-refractivity contribution in [2.24, 2.45) is 0 Å². The van der Waals surface area contributed by atoms with Crippen LogP contribution in [0.15, 0.2) is 16.7 Å². The Kier molecular flexibility index (Phi) is 5.91. The molecule has 20 heavy (non-hydrogen) atoms. The van der Waals surface area contributed by atoms with Crippen LogP contribution in [-0.4, -0.2) is 41.7 Å². The van der Waals surface area contributed by atoms with Gasteiger partial charge in [-0.05, 0) is 22.0 Å². The number of carbonyl (C=O) groups is 3. The molecular formula is C11H12BrN3O5.